The summed E-state index contributed by atoms with van der Waals surface area (Å²) in [6.45, 7) is 7.00. The lowest BCUT2D eigenvalue weighted by atomic mass is 10.1. The van der Waals surface area contributed by atoms with E-state index in [0.29, 0.717) is 13.1 Å². The van der Waals surface area contributed by atoms with Crippen LogP contribution < -0.4 is 5.32 Å². The van der Waals surface area contributed by atoms with Crippen molar-refractivity contribution in [3.8, 4) is 0 Å². The fourth-order valence-electron chi connectivity index (χ4n) is 3.03. The van der Waals surface area contributed by atoms with Crippen molar-refractivity contribution in [2.45, 2.75) is 42.4 Å². The molecule has 6 nitrogen and oxygen atoms in total. The molecule has 1 aromatic carbocycles. The van der Waals surface area contributed by atoms with Gasteiger partial charge in [0.25, 0.3) is 0 Å². The van der Waals surface area contributed by atoms with E-state index in [1.165, 1.54) is 23.1 Å². The lowest BCUT2D eigenvalue weighted by Gasteiger charge is -2.24. The normalized spacial score (nSPS) is 17.6. The average molecular weight is 407 g/mol. The molecule has 2 aromatic rings. The van der Waals surface area contributed by atoms with Crippen molar-refractivity contribution >= 4 is 34.1 Å². The molecule has 0 bridgehead atoms. The van der Waals surface area contributed by atoms with Crippen molar-refractivity contribution in [2.24, 2.45) is 0 Å². The third-order valence-corrected chi connectivity index (χ3v) is 6.74. The van der Waals surface area contributed by atoms with E-state index in [4.69, 9.17) is 4.74 Å². The Hall–Kier alpha value is -1.64. The molecule has 1 aliphatic rings. The van der Waals surface area contributed by atoms with Crippen LogP contribution in [0.25, 0.3) is 0 Å². The fraction of sp³-hybridized carbons (Fsp3) is 0.526. The summed E-state index contributed by atoms with van der Waals surface area (Å²) < 4.78 is 6.42. The number of amides is 1. The number of benzene rings is 1. The molecule has 2 atom stereocenters. The summed E-state index contributed by atoms with van der Waals surface area (Å²) in [6, 6.07) is 9.89. The van der Waals surface area contributed by atoms with E-state index >= 15 is 0 Å². The topological polar surface area (TPSA) is 67.4 Å². The molecule has 1 fully saturated rings. The molecule has 146 valence electrons. The van der Waals surface area contributed by atoms with Crippen LogP contribution in [-0.2, 0) is 9.53 Å². The molecule has 1 saturated heterocycles. The number of anilines is 1. The van der Waals surface area contributed by atoms with Crippen molar-refractivity contribution in [1.29, 1.82) is 0 Å². The highest BCUT2D eigenvalue weighted by Gasteiger charge is 2.27. The van der Waals surface area contributed by atoms with Gasteiger partial charge in [-0.2, -0.15) is 0 Å². The minimum absolute atomic E-state index is 0.111. The lowest BCUT2D eigenvalue weighted by molar-refractivity contribution is -0.130. The van der Waals surface area contributed by atoms with Gasteiger partial charge in [-0.1, -0.05) is 53.4 Å². The number of carbonyl (C=O) groups excluding carboxylic acids is 1. The predicted molar refractivity (Wildman–Crippen MR) is 110 cm³/mol. The third-order valence-electron chi connectivity index (χ3n) is 4.53. The van der Waals surface area contributed by atoms with E-state index < -0.39 is 0 Å². The van der Waals surface area contributed by atoms with Gasteiger partial charge in [0, 0.05) is 26.2 Å². The largest absolute Gasteiger partial charge is 0.376 e. The van der Waals surface area contributed by atoms with Gasteiger partial charge in [0.15, 0.2) is 4.34 Å². The summed E-state index contributed by atoms with van der Waals surface area (Å²) in [5, 5.41) is 12.3. The van der Waals surface area contributed by atoms with Gasteiger partial charge in [0.2, 0.25) is 11.0 Å². The standard InChI is InChI=1S/C19H26N4O2S2/c1-3-23(4-2)17(24)16(14-9-6-5-7-10-14)26-19-22-21-18(27-19)20-13-15-11-8-12-25-15/h5-7,9-10,15-16H,3-4,8,11-13H2,1-2H3,(H,20,21). The van der Waals surface area contributed by atoms with Gasteiger partial charge in [0.05, 0.1) is 6.10 Å². The van der Waals surface area contributed by atoms with Crippen molar-refractivity contribution in [3.05, 3.63) is 35.9 Å². The Labute approximate surface area is 168 Å². The number of likely N-dealkylation sites (N-methyl/N-ethyl adjacent to an activating group) is 1. The van der Waals surface area contributed by atoms with E-state index in [-0.39, 0.29) is 17.3 Å². The van der Waals surface area contributed by atoms with E-state index in [9.17, 15) is 4.79 Å². The summed E-state index contributed by atoms with van der Waals surface area (Å²) in [7, 11) is 0. The zero-order chi connectivity index (χ0) is 19.1. The molecule has 0 radical (unpaired) electrons. The number of hydrogen-bond acceptors (Lipinski definition) is 7. The van der Waals surface area contributed by atoms with Crippen molar-refractivity contribution in [1.82, 2.24) is 15.1 Å². The molecule has 1 amide bonds. The number of nitrogens with zero attached hydrogens (tertiary/aromatic N) is 3. The number of ether oxygens (including phenoxy) is 1. The molecular weight excluding hydrogens is 380 g/mol. The zero-order valence-corrected chi connectivity index (χ0v) is 17.4. The first-order valence-corrected chi connectivity index (χ1v) is 11.1. The number of carbonyl (C=O) groups is 1. The Morgan fingerprint density at radius 3 is 2.78 bits per heavy atom. The first-order chi connectivity index (χ1) is 13.2. The maximum Gasteiger partial charge on any atom is 0.240 e. The number of nitrogens with one attached hydrogen (secondary N) is 1. The zero-order valence-electron chi connectivity index (χ0n) is 15.8. The highest BCUT2D eigenvalue weighted by atomic mass is 32.2. The minimum Gasteiger partial charge on any atom is -0.376 e. The summed E-state index contributed by atoms with van der Waals surface area (Å²) in [6.07, 6.45) is 2.46. The molecule has 2 unspecified atom stereocenters. The van der Waals surface area contributed by atoms with Crippen LogP contribution in [0, 0.1) is 0 Å². The van der Waals surface area contributed by atoms with Gasteiger partial charge < -0.3 is 15.0 Å². The fourth-order valence-corrected chi connectivity index (χ4v) is 5.06. The molecule has 0 aliphatic carbocycles. The second-order valence-corrected chi connectivity index (χ2v) is 8.64. The maximum absolute atomic E-state index is 13.0. The predicted octanol–water partition coefficient (Wildman–Crippen LogP) is 3.83. The quantitative estimate of drug-likeness (QED) is 0.639. The smallest absolute Gasteiger partial charge is 0.240 e. The second kappa shape index (κ2) is 10.1. The minimum atomic E-state index is -0.315. The Morgan fingerprint density at radius 2 is 2.11 bits per heavy atom. The highest BCUT2D eigenvalue weighted by molar-refractivity contribution is 8.01. The average Bonchev–Trinajstić information content (AvgIpc) is 3.38. The molecule has 8 heteroatoms. The first-order valence-electron chi connectivity index (χ1n) is 9.40. The van der Waals surface area contributed by atoms with Gasteiger partial charge in [-0.3, -0.25) is 4.79 Å². The number of hydrogen-bond donors (Lipinski definition) is 1. The van der Waals surface area contributed by atoms with Crippen molar-refractivity contribution in [2.75, 3.05) is 31.6 Å². The van der Waals surface area contributed by atoms with Gasteiger partial charge >= 0.3 is 0 Å². The van der Waals surface area contributed by atoms with Crippen LogP contribution >= 0.6 is 23.1 Å². The van der Waals surface area contributed by atoms with Crippen LogP contribution in [0.4, 0.5) is 5.13 Å². The molecule has 0 spiro atoms. The summed E-state index contributed by atoms with van der Waals surface area (Å²) in [4.78, 5) is 14.9. The molecule has 1 aliphatic heterocycles. The van der Waals surface area contributed by atoms with Crippen molar-refractivity contribution < 1.29 is 9.53 Å². The van der Waals surface area contributed by atoms with E-state index in [1.54, 1.807) is 0 Å². The molecular formula is C19H26N4O2S2. The van der Waals surface area contributed by atoms with Gasteiger partial charge in [-0.15, -0.1) is 10.2 Å². The van der Waals surface area contributed by atoms with Crippen LogP contribution in [0.5, 0.6) is 0 Å². The van der Waals surface area contributed by atoms with E-state index in [0.717, 1.165) is 41.0 Å². The van der Waals surface area contributed by atoms with Gasteiger partial charge in [-0.25, -0.2) is 0 Å². The molecule has 3 rings (SSSR count). The monoisotopic (exact) mass is 406 g/mol. The van der Waals surface area contributed by atoms with Gasteiger partial charge in [0.1, 0.15) is 5.25 Å². The Kier molecular flexibility index (Phi) is 7.49. The SMILES string of the molecule is CCN(CC)C(=O)C(Sc1nnc(NCC2CCCO2)s1)c1ccccc1. The van der Waals surface area contributed by atoms with Crippen LogP contribution in [0.3, 0.4) is 0 Å². The molecule has 27 heavy (non-hydrogen) atoms. The highest BCUT2D eigenvalue weighted by Crippen LogP contribution is 2.39. The summed E-state index contributed by atoms with van der Waals surface area (Å²) in [5.74, 6) is 0.111. The summed E-state index contributed by atoms with van der Waals surface area (Å²) >= 11 is 2.96. The number of thioether (sulfide) groups is 1. The number of rotatable bonds is 9. The van der Waals surface area contributed by atoms with Gasteiger partial charge in [-0.05, 0) is 32.3 Å². The molecule has 2 heterocycles. The third kappa shape index (κ3) is 5.43. The lowest BCUT2D eigenvalue weighted by Crippen LogP contribution is -2.33. The van der Waals surface area contributed by atoms with Crippen LogP contribution in [0.1, 0.15) is 37.5 Å². The summed E-state index contributed by atoms with van der Waals surface area (Å²) in [5.41, 5.74) is 0.989. The molecule has 1 N–H and O–H groups in total. The maximum atomic E-state index is 13.0. The van der Waals surface area contributed by atoms with E-state index in [2.05, 4.69) is 15.5 Å². The van der Waals surface area contributed by atoms with Crippen LogP contribution in [0.15, 0.2) is 34.7 Å². The molecule has 1 aromatic heterocycles. The van der Waals surface area contributed by atoms with Crippen molar-refractivity contribution in [3.63, 3.8) is 0 Å². The Balaban J connectivity index is 1.69. The second-order valence-electron chi connectivity index (χ2n) is 6.31. The van der Waals surface area contributed by atoms with E-state index in [1.807, 2.05) is 49.1 Å². The Morgan fingerprint density at radius 1 is 1.33 bits per heavy atom. The van der Waals surface area contributed by atoms with Crippen LogP contribution in [0.2, 0.25) is 0 Å². The Bertz CT molecular complexity index is 716. The van der Waals surface area contributed by atoms with Crippen LogP contribution in [-0.4, -0.2) is 53.3 Å². The first kappa shape index (κ1) is 20.1. The molecule has 0 saturated carbocycles. The number of aromatic nitrogens is 2.